The Bertz CT molecular complexity index is 507. The molecule has 18 heavy (non-hydrogen) atoms. The van der Waals surface area contributed by atoms with Crippen LogP contribution >= 0.6 is 0 Å². The summed E-state index contributed by atoms with van der Waals surface area (Å²) in [5, 5.41) is 11.3. The summed E-state index contributed by atoms with van der Waals surface area (Å²) in [6.07, 6.45) is 3.22. The molecule has 0 bridgehead atoms. The first-order valence-corrected chi connectivity index (χ1v) is 6.19. The summed E-state index contributed by atoms with van der Waals surface area (Å²) in [6, 6.07) is 9.08. The molecule has 1 aromatic carbocycles. The minimum atomic E-state index is -0.128. The maximum Gasteiger partial charge on any atom is 0.231 e. The summed E-state index contributed by atoms with van der Waals surface area (Å²) < 4.78 is 1.59. The van der Waals surface area contributed by atoms with E-state index < -0.39 is 0 Å². The average Bonchev–Trinajstić information content (AvgIpc) is 2.88. The van der Waals surface area contributed by atoms with Crippen LogP contribution in [0.15, 0.2) is 30.3 Å². The average molecular weight is 244 g/mol. The molecule has 2 aromatic rings. The molecule has 0 N–H and O–H groups in total. The van der Waals surface area contributed by atoms with Crippen LogP contribution < -0.4 is 0 Å². The van der Waals surface area contributed by atoms with Gasteiger partial charge in [-0.25, -0.2) is 4.68 Å². The Morgan fingerprint density at radius 1 is 1.22 bits per heavy atom. The van der Waals surface area contributed by atoms with Crippen molar-refractivity contribution in [3.63, 3.8) is 0 Å². The van der Waals surface area contributed by atoms with Gasteiger partial charge in [0.05, 0.1) is 0 Å². The third kappa shape index (κ3) is 2.80. The van der Waals surface area contributed by atoms with E-state index in [0.717, 1.165) is 19.3 Å². The van der Waals surface area contributed by atoms with Crippen molar-refractivity contribution in [2.75, 3.05) is 0 Å². The van der Waals surface area contributed by atoms with Gasteiger partial charge in [0.15, 0.2) is 0 Å². The standard InChI is InChI=1S/C13H16N4O/c1-2-3-7-10-17-13(14-15-16-17)12(18)11-8-5-4-6-9-11/h4-6,8-9H,2-3,7,10H2,1H3. The van der Waals surface area contributed by atoms with Crippen molar-refractivity contribution in [1.82, 2.24) is 20.2 Å². The number of aromatic nitrogens is 4. The molecule has 0 aliphatic rings. The van der Waals surface area contributed by atoms with Crippen LogP contribution in [0.1, 0.15) is 42.4 Å². The van der Waals surface area contributed by atoms with Crippen LogP contribution in [0.5, 0.6) is 0 Å². The number of rotatable bonds is 6. The molecule has 0 aliphatic heterocycles. The smallest absolute Gasteiger partial charge is 0.231 e. The van der Waals surface area contributed by atoms with Gasteiger partial charge in [-0.05, 0) is 16.8 Å². The summed E-state index contributed by atoms with van der Waals surface area (Å²) in [7, 11) is 0. The largest absolute Gasteiger partial charge is 0.285 e. The van der Waals surface area contributed by atoms with Crippen molar-refractivity contribution in [2.45, 2.75) is 32.7 Å². The van der Waals surface area contributed by atoms with Crippen LogP contribution in [-0.2, 0) is 6.54 Å². The first-order chi connectivity index (χ1) is 8.83. The molecule has 0 aliphatic carbocycles. The lowest BCUT2D eigenvalue weighted by atomic mass is 10.1. The fourth-order valence-corrected chi connectivity index (χ4v) is 1.75. The zero-order valence-electron chi connectivity index (χ0n) is 10.4. The molecule has 0 radical (unpaired) electrons. The van der Waals surface area contributed by atoms with Crippen molar-refractivity contribution in [1.29, 1.82) is 0 Å². The lowest BCUT2D eigenvalue weighted by molar-refractivity contribution is 0.102. The van der Waals surface area contributed by atoms with Crippen molar-refractivity contribution in [2.24, 2.45) is 0 Å². The quantitative estimate of drug-likeness (QED) is 0.576. The second kappa shape index (κ2) is 6.05. The highest BCUT2D eigenvalue weighted by molar-refractivity contribution is 6.06. The third-order valence-corrected chi connectivity index (χ3v) is 2.74. The molecular formula is C13H16N4O. The minimum absolute atomic E-state index is 0.128. The first-order valence-electron chi connectivity index (χ1n) is 6.19. The van der Waals surface area contributed by atoms with E-state index in [2.05, 4.69) is 22.4 Å². The Hall–Kier alpha value is -2.04. The molecule has 0 spiro atoms. The van der Waals surface area contributed by atoms with Crippen molar-refractivity contribution >= 4 is 5.78 Å². The van der Waals surface area contributed by atoms with Gasteiger partial charge >= 0.3 is 0 Å². The van der Waals surface area contributed by atoms with E-state index >= 15 is 0 Å². The van der Waals surface area contributed by atoms with Gasteiger partial charge in [-0.1, -0.05) is 50.1 Å². The number of hydrogen-bond acceptors (Lipinski definition) is 4. The Kier molecular flexibility index (Phi) is 4.17. The summed E-state index contributed by atoms with van der Waals surface area (Å²) >= 11 is 0. The van der Waals surface area contributed by atoms with E-state index in [-0.39, 0.29) is 5.78 Å². The molecule has 5 nitrogen and oxygen atoms in total. The summed E-state index contributed by atoms with van der Waals surface area (Å²) in [5.74, 6) is 0.189. The highest BCUT2D eigenvalue weighted by Crippen LogP contribution is 2.07. The van der Waals surface area contributed by atoms with Crippen LogP contribution in [0.3, 0.4) is 0 Å². The van der Waals surface area contributed by atoms with E-state index in [9.17, 15) is 4.79 Å². The van der Waals surface area contributed by atoms with Gasteiger partial charge in [0.1, 0.15) is 0 Å². The Labute approximate surface area is 106 Å². The molecule has 94 valence electrons. The highest BCUT2D eigenvalue weighted by atomic mass is 16.1. The molecule has 0 saturated heterocycles. The monoisotopic (exact) mass is 244 g/mol. The zero-order chi connectivity index (χ0) is 12.8. The van der Waals surface area contributed by atoms with Crippen LogP contribution in [0.25, 0.3) is 0 Å². The summed E-state index contributed by atoms with van der Waals surface area (Å²) in [6.45, 7) is 2.82. The topological polar surface area (TPSA) is 60.7 Å². The number of carbonyl (C=O) groups is 1. The van der Waals surface area contributed by atoms with E-state index in [1.165, 1.54) is 0 Å². The normalized spacial score (nSPS) is 10.5. The van der Waals surface area contributed by atoms with Gasteiger partial charge in [0.25, 0.3) is 0 Å². The van der Waals surface area contributed by atoms with Crippen molar-refractivity contribution < 1.29 is 4.79 Å². The SMILES string of the molecule is CCCCCn1nnnc1C(=O)c1ccccc1. The number of unbranched alkanes of at least 4 members (excludes halogenated alkanes) is 2. The van der Waals surface area contributed by atoms with E-state index in [1.54, 1.807) is 16.8 Å². The molecule has 0 saturated carbocycles. The van der Waals surface area contributed by atoms with Gasteiger partial charge in [-0.3, -0.25) is 4.79 Å². The van der Waals surface area contributed by atoms with Crippen LogP contribution in [0.4, 0.5) is 0 Å². The van der Waals surface area contributed by atoms with Gasteiger partial charge in [0, 0.05) is 12.1 Å². The molecular weight excluding hydrogens is 228 g/mol. The van der Waals surface area contributed by atoms with E-state index in [0.29, 0.717) is 17.9 Å². The fourth-order valence-electron chi connectivity index (χ4n) is 1.75. The molecule has 1 heterocycles. The molecule has 1 aromatic heterocycles. The Morgan fingerprint density at radius 3 is 2.72 bits per heavy atom. The van der Waals surface area contributed by atoms with Gasteiger partial charge in [0.2, 0.25) is 11.6 Å². The highest BCUT2D eigenvalue weighted by Gasteiger charge is 2.16. The number of benzene rings is 1. The number of tetrazole rings is 1. The molecule has 0 unspecified atom stereocenters. The Balaban J connectivity index is 2.14. The maximum atomic E-state index is 12.2. The van der Waals surface area contributed by atoms with Gasteiger partial charge < -0.3 is 0 Å². The fraction of sp³-hybridized carbons (Fsp3) is 0.385. The van der Waals surface area contributed by atoms with Crippen molar-refractivity contribution in [3.05, 3.63) is 41.7 Å². The lowest BCUT2D eigenvalue weighted by Crippen LogP contribution is -2.13. The molecule has 5 heteroatoms. The molecule has 2 rings (SSSR count). The second-order valence-corrected chi connectivity index (χ2v) is 4.13. The van der Waals surface area contributed by atoms with Crippen molar-refractivity contribution in [3.8, 4) is 0 Å². The predicted octanol–water partition coefficient (Wildman–Crippen LogP) is 2.09. The molecule has 0 fully saturated rings. The number of ketones is 1. The maximum absolute atomic E-state index is 12.2. The zero-order valence-corrected chi connectivity index (χ0v) is 10.4. The van der Waals surface area contributed by atoms with E-state index in [4.69, 9.17) is 0 Å². The third-order valence-electron chi connectivity index (χ3n) is 2.74. The number of carbonyl (C=O) groups excluding carboxylic acids is 1. The number of hydrogen-bond donors (Lipinski definition) is 0. The lowest BCUT2D eigenvalue weighted by Gasteiger charge is -2.03. The predicted molar refractivity (Wildman–Crippen MR) is 67.2 cm³/mol. The first kappa shape index (κ1) is 12.4. The molecule has 0 atom stereocenters. The van der Waals surface area contributed by atoms with Crippen LogP contribution in [-0.4, -0.2) is 26.0 Å². The summed E-state index contributed by atoms with van der Waals surface area (Å²) in [4.78, 5) is 12.2. The Morgan fingerprint density at radius 2 is 2.00 bits per heavy atom. The second-order valence-electron chi connectivity index (χ2n) is 4.13. The minimum Gasteiger partial charge on any atom is -0.285 e. The number of nitrogens with zero attached hydrogens (tertiary/aromatic N) is 4. The van der Waals surface area contributed by atoms with Gasteiger partial charge in [-0.15, -0.1) is 5.10 Å². The number of aryl methyl sites for hydroxylation is 1. The van der Waals surface area contributed by atoms with Crippen LogP contribution in [0.2, 0.25) is 0 Å². The van der Waals surface area contributed by atoms with E-state index in [1.807, 2.05) is 18.2 Å². The summed E-state index contributed by atoms with van der Waals surface area (Å²) in [5.41, 5.74) is 0.615. The van der Waals surface area contributed by atoms with Crippen LogP contribution in [0, 0.1) is 0 Å². The van der Waals surface area contributed by atoms with Gasteiger partial charge in [-0.2, -0.15) is 0 Å². The molecule has 0 amide bonds.